The maximum absolute atomic E-state index is 14.7. The third-order valence-corrected chi connectivity index (χ3v) is 7.65. The van der Waals surface area contributed by atoms with E-state index in [1.54, 1.807) is 25.1 Å². The van der Waals surface area contributed by atoms with Crippen LogP contribution in [-0.2, 0) is 32.6 Å². The number of amides is 1. The summed E-state index contributed by atoms with van der Waals surface area (Å²) in [5.41, 5.74) is 1.57. The summed E-state index contributed by atoms with van der Waals surface area (Å²) in [6.07, 6.45) is 0. The molecule has 1 aliphatic rings. The number of halogens is 1. The van der Waals surface area contributed by atoms with Gasteiger partial charge in [-0.1, -0.05) is 18.2 Å². The Labute approximate surface area is 200 Å². The first-order valence-electron chi connectivity index (χ1n) is 11.1. The molecule has 0 saturated carbocycles. The Balaban J connectivity index is 1.82. The summed E-state index contributed by atoms with van der Waals surface area (Å²) >= 11 is 0. The third kappa shape index (κ3) is 6.12. The zero-order valence-electron chi connectivity index (χ0n) is 19.7. The van der Waals surface area contributed by atoms with E-state index < -0.39 is 21.8 Å². The Morgan fingerprint density at radius 1 is 1.09 bits per heavy atom. The fourth-order valence-corrected chi connectivity index (χ4v) is 4.95. The minimum Gasteiger partial charge on any atom is -0.465 e. The van der Waals surface area contributed by atoms with Crippen LogP contribution in [0.3, 0.4) is 0 Å². The fraction of sp³-hybridized carbons (Fsp3) is 0.417. The molecule has 1 aliphatic heterocycles. The number of hydrogen-bond acceptors (Lipinski definition) is 6. The highest BCUT2D eigenvalue weighted by molar-refractivity contribution is 7.92. The van der Waals surface area contributed by atoms with Crippen LogP contribution >= 0.6 is 0 Å². The van der Waals surface area contributed by atoms with Crippen molar-refractivity contribution < 1.29 is 27.1 Å². The van der Waals surface area contributed by atoms with Crippen LogP contribution in [-0.4, -0.2) is 69.1 Å². The van der Waals surface area contributed by atoms with Crippen LogP contribution in [0.15, 0.2) is 42.5 Å². The molecule has 0 N–H and O–H groups in total. The molecule has 0 spiro atoms. The maximum Gasteiger partial charge on any atom is 0.337 e. The summed E-state index contributed by atoms with van der Waals surface area (Å²) in [5, 5.41) is 0. The summed E-state index contributed by atoms with van der Waals surface area (Å²) in [6, 6.07) is 11.1. The predicted molar refractivity (Wildman–Crippen MR) is 127 cm³/mol. The number of methoxy groups -OCH3 is 1. The topological polar surface area (TPSA) is 87.2 Å². The number of anilines is 1. The first-order valence-corrected chi connectivity index (χ1v) is 12.7. The number of hydrogen-bond donors (Lipinski definition) is 0. The normalized spacial score (nSPS) is 14.6. The van der Waals surface area contributed by atoms with E-state index in [0.717, 1.165) is 24.7 Å². The van der Waals surface area contributed by atoms with E-state index in [2.05, 4.69) is 9.64 Å². The molecule has 0 aromatic heterocycles. The molecule has 10 heteroatoms. The lowest BCUT2D eigenvalue weighted by Crippen LogP contribution is -2.47. The van der Waals surface area contributed by atoms with E-state index in [1.165, 1.54) is 30.5 Å². The van der Waals surface area contributed by atoms with Gasteiger partial charge in [0.2, 0.25) is 15.9 Å². The first kappa shape index (κ1) is 25.6. The average Bonchev–Trinajstić information content (AvgIpc) is 2.83. The molecule has 184 valence electrons. The summed E-state index contributed by atoms with van der Waals surface area (Å²) < 4.78 is 46.4. The van der Waals surface area contributed by atoms with Crippen molar-refractivity contribution in [3.05, 3.63) is 65.0 Å². The second-order valence-electron chi connectivity index (χ2n) is 8.16. The van der Waals surface area contributed by atoms with Crippen molar-refractivity contribution >= 4 is 27.6 Å². The number of sulfonamides is 1. The molecule has 1 heterocycles. The zero-order valence-corrected chi connectivity index (χ0v) is 20.5. The lowest BCUT2D eigenvalue weighted by molar-refractivity contribution is -0.130. The molecule has 0 radical (unpaired) electrons. The van der Waals surface area contributed by atoms with Crippen molar-refractivity contribution in [3.8, 4) is 0 Å². The Morgan fingerprint density at radius 3 is 2.38 bits per heavy atom. The van der Waals surface area contributed by atoms with Crippen molar-refractivity contribution in [1.29, 1.82) is 0 Å². The molecule has 8 nitrogen and oxygen atoms in total. The molecule has 0 aliphatic carbocycles. The van der Waals surface area contributed by atoms with E-state index >= 15 is 0 Å². The van der Waals surface area contributed by atoms with E-state index in [9.17, 15) is 22.4 Å². The molecular formula is C24H30FN3O5S. The molecule has 0 unspecified atom stereocenters. The molecule has 1 amide bonds. The molecule has 0 atom stereocenters. The molecule has 0 bridgehead atoms. The fourth-order valence-electron chi connectivity index (χ4n) is 3.87. The smallest absolute Gasteiger partial charge is 0.337 e. The van der Waals surface area contributed by atoms with Crippen LogP contribution < -0.4 is 4.31 Å². The van der Waals surface area contributed by atoms with Crippen LogP contribution in [0.2, 0.25) is 0 Å². The van der Waals surface area contributed by atoms with Crippen LogP contribution in [0, 0.1) is 5.82 Å². The van der Waals surface area contributed by atoms with Gasteiger partial charge in [-0.05, 0) is 36.8 Å². The first-order chi connectivity index (χ1) is 16.1. The minimum atomic E-state index is -3.71. The summed E-state index contributed by atoms with van der Waals surface area (Å²) in [6.45, 7) is 6.30. The van der Waals surface area contributed by atoms with E-state index in [4.69, 9.17) is 0 Å². The van der Waals surface area contributed by atoms with Crippen molar-refractivity contribution in [2.24, 2.45) is 0 Å². The van der Waals surface area contributed by atoms with E-state index in [1.807, 2.05) is 11.0 Å². The molecular weight excluding hydrogens is 461 g/mol. The summed E-state index contributed by atoms with van der Waals surface area (Å²) in [5.74, 6) is -1.43. The monoisotopic (exact) mass is 491 g/mol. The largest absolute Gasteiger partial charge is 0.465 e. The highest BCUT2D eigenvalue weighted by Crippen LogP contribution is 2.25. The number of carbonyl (C=O) groups is 2. The van der Waals surface area contributed by atoms with Gasteiger partial charge in [0.05, 0.1) is 30.7 Å². The van der Waals surface area contributed by atoms with Gasteiger partial charge in [0.1, 0.15) is 5.82 Å². The SMILES string of the molecule is CCS(=O)(=O)N(Cc1ccc(C(=O)OC)cc1F)c1cccc(CN2CCN(C(C)=O)CC2)c1. The van der Waals surface area contributed by atoms with Gasteiger partial charge in [0.15, 0.2) is 0 Å². The highest BCUT2D eigenvalue weighted by atomic mass is 32.2. The minimum absolute atomic E-state index is 0.0560. The average molecular weight is 492 g/mol. The van der Waals surface area contributed by atoms with Gasteiger partial charge in [0, 0.05) is 45.2 Å². The van der Waals surface area contributed by atoms with Crippen LogP contribution in [0.4, 0.5) is 10.1 Å². The molecule has 2 aromatic rings. The second kappa shape index (κ2) is 11.0. The van der Waals surface area contributed by atoms with Gasteiger partial charge < -0.3 is 9.64 Å². The number of benzene rings is 2. The van der Waals surface area contributed by atoms with E-state index in [-0.39, 0.29) is 29.3 Å². The van der Waals surface area contributed by atoms with E-state index in [0.29, 0.717) is 25.3 Å². The van der Waals surface area contributed by atoms with Gasteiger partial charge in [-0.3, -0.25) is 14.0 Å². The van der Waals surface area contributed by atoms with Crippen molar-refractivity contribution in [1.82, 2.24) is 9.80 Å². The van der Waals surface area contributed by atoms with Crippen molar-refractivity contribution in [2.45, 2.75) is 26.9 Å². The van der Waals surface area contributed by atoms with Crippen molar-refractivity contribution in [3.63, 3.8) is 0 Å². The number of rotatable bonds is 8. The number of carbonyl (C=O) groups excluding carboxylic acids is 2. The summed E-state index contributed by atoms with van der Waals surface area (Å²) in [4.78, 5) is 27.2. The van der Waals surface area contributed by atoms with Crippen LogP contribution in [0.1, 0.15) is 35.3 Å². The number of ether oxygens (including phenoxy) is 1. The molecule has 34 heavy (non-hydrogen) atoms. The number of nitrogens with zero attached hydrogens (tertiary/aromatic N) is 3. The number of piperazine rings is 1. The Bertz CT molecular complexity index is 1150. The lowest BCUT2D eigenvalue weighted by Gasteiger charge is -2.34. The molecule has 3 rings (SSSR count). The van der Waals surface area contributed by atoms with Gasteiger partial charge in [0.25, 0.3) is 0 Å². The second-order valence-corrected chi connectivity index (χ2v) is 10.3. The molecule has 2 aromatic carbocycles. The van der Waals surface area contributed by atoms with Gasteiger partial charge in [-0.2, -0.15) is 0 Å². The number of esters is 1. The highest BCUT2D eigenvalue weighted by Gasteiger charge is 2.24. The summed E-state index contributed by atoms with van der Waals surface area (Å²) in [7, 11) is -2.50. The Morgan fingerprint density at radius 2 is 1.79 bits per heavy atom. The standard InChI is InChI=1S/C24H30FN3O5S/c1-4-34(31,32)28(17-21-9-8-20(15-23(21)25)24(30)33-3)22-7-5-6-19(14-22)16-26-10-12-27(13-11-26)18(2)29/h5-9,14-15H,4,10-13,16-17H2,1-3H3. The van der Waals surface area contributed by atoms with Crippen LogP contribution in [0.25, 0.3) is 0 Å². The quantitative estimate of drug-likeness (QED) is 0.528. The Hall–Kier alpha value is -2.98. The molecule has 1 fully saturated rings. The third-order valence-electron chi connectivity index (χ3n) is 5.91. The maximum atomic E-state index is 14.7. The van der Waals surface area contributed by atoms with Gasteiger partial charge >= 0.3 is 5.97 Å². The molecule has 1 saturated heterocycles. The zero-order chi connectivity index (χ0) is 24.9. The van der Waals surface area contributed by atoms with Crippen molar-refractivity contribution in [2.75, 3.05) is 43.3 Å². The van der Waals surface area contributed by atoms with Crippen LogP contribution in [0.5, 0.6) is 0 Å². The van der Waals surface area contributed by atoms with Gasteiger partial charge in [-0.15, -0.1) is 0 Å². The predicted octanol–water partition coefficient (Wildman–Crippen LogP) is 2.63. The Kier molecular flexibility index (Phi) is 8.27. The van der Waals surface area contributed by atoms with Gasteiger partial charge in [-0.25, -0.2) is 17.6 Å². The lowest BCUT2D eigenvalue weighted by atomic mass is 10.1.